The largest absolute Gasteiger partial charge is 0.494 e. The molecular weight excluding hydrogens is 318 g/mol. The van der Waals surface area contributed by atoms with Crippen molar-refractivity contribution in [2.45, 2.75) is 11.2 Å². The summed E-state index contributed by atoms with van der Waals surface area (Å²) in [7, 11) is -3.85. The number of oxazole rings is 1. The maximum atomic E-state index is 13.7. The molecule has 1 aromatic carbocycles. The van der Waals surface area contributed by atoms with Crippen LogP contribution in [0.15, 0.2) is 38.6 Å². The zero-order valence-electron chi connectivity index (χ0n) is 10.3. The number of alkyl halides is 3. The Balaban J connectivity index is 2.66. The Morgan fingerprint density at radius 3 is 2.33 bits per heavy atom. The highest BCUT2D eigenvalue weighted by Gasteiger charge is 2.36. The summed E-state index contributed by atoms with van der Waals surface area (Å²) in [4.78, 5) is 10.4. The maximum absolute atomic E-state index is 13.7. The molecule has 1 aromatic heterocycles. The van der Waals surface area contributed by atoms with Crippen LogP contribution in [0.1, 0.15) is 0 Å². The van der Waals surface area contributed by atoms with Gasteiger partial charge in [0.15, 0.2) is 9.84 Å². The van der Waals surface area contributed by atoms with Crippen molar-refractivity contribution in [3.05, 3.63) is 40.8 Å². The van der Waals surface area contributed by atoms with Gasteiger partial charge in [-0.2, -0.15) is 4.57 Å². The molecule has 0 bridgehead atoms. The predicted octanol–water partition coefficient (Wildman–Crippen LogP) is 2.13. The molecule has 0 N–H and O–H groups in total. The minimum Gasteiger partial charge on any atom is -0.415 e. The Morgan fingerprint density at radius 1 is 1.24 bits per heavy atom. The van der Waals surface area contributed by atoms with E-state index in [0.717, 1.165) is 18.4 Å². The van der Waals surface area contributed by atoms with E-state index in [1.807, 2.05) is 0 Å². The Labute approximate surface area is 115 Å². The second-order valence-electron chi connectivity index (χ2n) is 4.11. The zero-order chi connectivity index (χ0) is 16.0. The van der Waals surface area contributed by atoms with Crippen LogP contribution in [0.5, 0.6) is 0 Å². The van der Waals surface area contributed by atoms with Gasteiger partial charge in [-0.3, -0.25) is 0 Å². The van der Waals surface area contributed by atoms with E-state index in [1.165, 1.54) is 0 Å². The molecule has 0 unspecified atom stereocenters. The molecule has 0 saturated carbocycles. The number of nitrogens with zero attached hydrogens (tertiary/aromatic N) is 1. The van der Waals surface area contributed by atoms with Crippen LogP contribution in [0.2, 0.25) is 0 Å². The minimum atomic E-state index is -5.05. The summed E-state index contributed by atoms with van der Waals surface area (Å²) < 4.78 is 77.8. The monoisotopic (exact) mass is 325 g/mol. The lowest BCUT2D eigenvalue weighted by molar-refractivity contribution is -0.206. The molecule has 0 radical (unpaired) electrons. The third-order valence-corrected chi connectivity index (χ3v) is 3.71. The number of benzene rings is 1. The molecule has 0 spiro atoms. The summed E-state index contributed by atoms with van der Waals surface area (Å²) in [5.74, 6) is -2.90. The SMILES string of the molecule is CS(=O)(=O)c1ccc(-c2coc(=O)n2C(F)(F)F)cc1F. The third-order valence-electron chi connectivity index (χ3n) is 2.58. The maximum Gasteiger partial charge on any atom is 0.494 e. The average molecular weight is 325 g/mol. The van der Waals surface area contributed by atoms with Gasteiger partial charge in [-0.1, -0.05) is 6.07 Å². The fourth-order valence-electron chi connectivity index (χ4n) is 1.71. The second-order valence-corrected chi connectivity index (χ2v) is 6.09. The van der Waals surface area contributed by atoms with Crippen molar-refractivity contribution in [2.24, 2.45) is 0 Å². The highest BCUT2D eigenvalue weighted by molar-refractivity contribution is 7.90. The van der Waals surface area contributed by atoms with Gasteiger partial charge in [-0.25, -0.2) is 17.6 Å². The van der Waals surface area contributed by atoms with Gasteiger partial charge in [-0.15, -0.1) is 13.2 Å². The predicted molar refractivity (Wildman–Crippen MR) is 62.8 cm³/mol. The molecule has 5 nitrogen and oxygen atoms in total. The molecule has 0 atom stereocenters. The Kier molecular flexibility index (Phi) is 3.44. The summed E-state index contributed by atoms with van der Waals surface area (Å²) in [5.41, 5.74) is -1.07. The van der Waals surface area contributed by atoms with Crippen LogP contribution in [-0.4, -0.2) is 19.2 Å². The molecule has 0 fully saturated rings. The van der Waals surface area contributed by atoms with Crippen LogP contribution in [0.25, 0.3) is 11.3 Å². The normalized spacial score (nSPS) is 12.6. The van der Waals surface area contributed by atoms with Crippen LogP contribution < -0.4 is 5.76 Å². The highest BCUT2D eigenvalue weighted by atomic mass is 32.2. The van der Waals surface area contributed by atoms with Crippen LogP contribution in [0.3, 0.4) is 0 Å². The number of hydrogen-bond donors (Lipinski definition) is 0. The minimum absolute atomic E-state index is 0.344. The van der Waals surface area contributed by atoms with E-state index < -0.39 is 42.9 Å². The van der Waals surface area contributed by atoms with Crippen LogP contribution in [0.4, 0.5) is 17.6 Å². The number of rotatable bonds is 2. The first-order chi connectivity index (χ1) is 9.51. The average Bonchev–Trinajstić information content (AvgIpc) is 2.68. The van der Waals surface area contributed by atoms with Gasteiger partial charge in [0.05, 0.1) is 5.69 Å². The van der Waals surface area contributed by atoms with E-state index in [-0.39, 0.29) is 5.56 Å². The summed E-state index contributed by atoms with van der Waals surface area (Å²) in [6.07, 6.45) is -3.77. The van der Waals surface area contributed by atoms with Gasteiger partial charge in [0.1, 0.15) is 17.0 Å². The lowest BCUT2D eigenvalue weighted by atomic mass is 10.1. The molecule has 0 amide bonds. The van der Waals surface area contributed by atoms with E-state index in [4.69, 9.17) is 0 Å². The Hall–Kier alpha value is -2.10. The van der Waals surface area contributed by atoms with E-state index >= 15 is 0 Å². The van der Waals surface area contributed by atoms with Crippen molar-refractivity contribution in [2.75, 3.05) is 6.26 Å². The topological polar surface area (TPSA) is 69.3 Å². The molecule has 0 aliphatic carbocycles. The van der Waals surface area contributed by atoms with Crippen LogP contribution >= 0.6 is 0 Å². The van der Waals surface area contributed by atoms with Crippen molar-refractivity contribution in [1.82, 2.24) is 4.57 Å². The van der Waals surface area contributed by atoms with E-state index in [2.05, 4.69) is 4.42 Å². The molecular formula is C11H7F4NO4S. The Bertz CT molecular complexity index is 848. The molecule has 10 heteroatoms. The lowest BCUT2D eigenvalue weighted by Gasteiger charge is -2.10. The number of aromatic nitrogens is 1. The van der Waals surface area contributed by atoms with Crippen LogP contribution in [-0.2, 0) is 16.1 Å². The summed E-state index contributed by atoms with van der Waals surface area (Å²) in [5, 5.41) is 0. The second kappa shape index (κ2) is 4.72. The van der Waals surface area contributed by atoms with E-state index in [9.17, 15) is 30.8 Å². The molecule has 0 aliphatic rings. The summed E-state index contributed by atoms with van der Waals surface area (Å²) in [6.45, 7) is 0. The van der Waals surface area contributed by atoms with Gasteiger partial charge in [0.2, 0.25) is 0 Å². The summed E-state index contributed by atoms with van der Waals surface area (Å²) in [6, 6.07) is 2.35. The first-order valence-electron chi connectivity index (χ1n) is 5.29. The molecule has 1 heterocycles. The molecule has 2 rings (SSSR count). The van der Waals surface area contributed by atoms with Gasteiger partial charge < -0.3 is 4.42 Å². The third kappa shape index (κ3) is 2.84. The van der Waals surface area contributed by atoms with Gasteiger partial charge >= 0.3 is 12.1 Å². The van der Waals surface area contributed by atoms with Crippen molar-refractivity contribution in [3.8, 4) is 11.3 Å². The van der Waals surface area contributed by atoms with Gasteiger partial charge in [0.25, 0.3) is 0 Å². The Morgan fingerprint density at radius 2 is 1.86 bits per heavy atom. The van der Waals surface area contributed by atoms with Crippen molar-refractivity contribution < 1.29 is 30.4 Å². The van der Waals surface area contributed by atoms with Gasteiger partial charge in [-0.05, 0) is 12.1 Å². The van der Waals surface area contributed by atoms with E-state index in [1.54, 1.807) is 0 Å². The highest BCUT2D eigenvalue weighted by Crippen LogP contribution is 2.30. The van der Waals surface area contributed by atoms with E-state index in [0.29, 0.717) is 12.3 Å². The van der Waals surface area contributed by atoms with Gasteiger partial charge in [0, 0.05) is 11.8 Å². The molecule has 0 saturated heterocycles. The fraction of sp³-hybridized carbons (Fsp3) is 0.182. The quantitative estimate of drug-likeness (QED) is 0.793. The summed E-state index contributed by atoms with van der Waals surface area (Å²) >= 11 is 0. The number of hydrogen-bond acceptors (Lipinski definition) is 4. The zero-order valence-corrected chi connectivity index (χ0v) is 11.1. The van der Waals surface area contributed by atoms with Crippen molar-refractivity contribution >= 4 is 9.84 Å². The molecule has 21 heavy (non-hydrogen) atoms. The number of halogens is 4. The lowest BCUT2D eigenvalue weighted by Crippen LogP contribution is -2.28. The molecule has 2 aromatic rings. The standard InChI is InChI=1S/C11H7F4NO4S/c1-21(18,19)9-3-2-6(4-7(9)12)8-5-20-10(17)16(8)11(13,14)15/h2-5H,1H3. The fourth-order valence-corrected chi connectivity index (χ4v) is 2.44. The van der Waals surface area contributed by atoms with Crippen molar-refractivity contribution in [1.29, 1.82) is 0 Å². The molecule has 114 valence electrons. The molecule has 0 aliphatic heterocycles. The first kappa shape index (κ1) is 15.3. The number of sulfone groups is 1. The smallest absolute Gasteiger partial charge is 0.415 e. The first-order valence-corrected chi connectivity index (χ1v) is 7.18. The van der Waals surface area contributed by atoms with Crippen LogP contribution in [0, 0.1) is 5.82 Å². The van der Waals surface area contributed by atoms with Crippen molar-refractivity contribution in [3.63, 3.8) is 0 Å².